The minimum absolute atomic E-state index is 0. The van der Waals surface area contributed by atoms with Gasteiger partial charge in [-0.05, 0) is 60.7 Å². The van der Waals surface area contributed by atoms with Crippen molar-refractivity contribution in [1.82, 2.24) is 33.7 Å². The van der Waals surface area contributed by atoms with Crippen molar-refractivity contribution in [1.29, 1.82) is 0 Å². The van der Waals surface area contributed by atoms with Crippen LogP contribution in [0, 0.1) is 26.0 Å². The molecule has 0 N–H and O–H groups in total. The van der Waals surface area contributed by atoms with E-state index in [1.54, 1.807) is 6.33 Å². The number of hydrogen-bond acceptors (Lipinski definition) is 6. The Hall–Kier alpha value is -6.27. The minimum Gasteiger partial charge on any atom is -0.497 e. The number of ether oxygens (including phenoxy) is 1. The molecule has 0 atom stereocenters. The molecular formula is C43H25N7OPd. The third-order valence-corrected chi connectivity index (χ3v) is 9.93. The Kier molecular flexibility index (Phi) is 6.68. The Morgan fingerprint density at radius 1 is 0.538 bits per heavy atom. The van der Waals surface area contributed by atoms with Crippen molar-refractivity contribution < 1.29 is 25.2 Å². The third-order valence-electron chi connectivity index (χ3n) is 9.93. The van der Waals surface area contributed by atoms with Crippen LogP contribution < -0.4 is 4.74 Å². The fourth-order valence-electron chi connectivity index (χ4n) is 7.68. The molecule has 6 aromatic heterocycles. The summed E-state index contributed by atoms with van der Waals surface area (Å²) < 4.78 is 10.8. The van der Waals surface area contributed by atoms with Crippen LogP contribution >= 0.6 is 0 Å². The number of benzene rings is 5. The first-order chi connectivity index (χ1) is 25.1. The molecule has 11 aromatic rings. The SMILES string of the molecule is Cc1cccc(C)c1-c1ccc2c3ccc(Oc4[c-]c5c(cc4)c4cncnc4n4c6ccccc6nc54)[c-]c3c3nc4ccccc4n3c2n1.[Pd+2]. The maximum atomic E-state index is 6.54. The van der Waals surface area contributed by atoms with Gasteiger partial charge in [-0.3, -0.25) is 9.97 Å². The number of para-hydroxylation sites is 4. The van der Waals surface area contributed by atoms with Crippen LogP contribution in [0.4, 0.5) is 0 Å². The molecular weight excluding hydrogens is 737 g/mol. The van der Waals surface area contributed by atoms with E-state index < -0.39 is 0 Å². The second-order valence-corrected chi connectivity index (χ2v) is 12.9. The van der Waals surface area contributed by atoms with E-state index in [0.717, 1.165) is 88.2 Å². The van der Waals surface area contributed by atoms with E-state index in [-0.39, 0.29) is 20.4 Å². The first-order valence-corrected chi connectivity index (χ1v) is 16.8. The van der Waals surface area contributed by atoms with Crippen LogP contribution in [0.25, 0.3) is 88.2 Å². The molecule has 0 fully saturated rings. The van der Waals surface area contributed by atoms with Gasteiger partial charge in [-0.25, -0.2) is 15.0 Å². The molecule has 0 unspecified atom stereocenters. The normalized spacial score (nSPS) is 11.9. The van der Waals surface area contributed by atoms with Crippen molar-refractivity contribution in [2.24, 2.45) is 0 Å². The average Bonchev–Trinajstić information content (AvgIpc) is 3.75. The van der Waals surface area contributed by atoms with Gasteiger partial charge < -0.3 is 13.5 Å². The van der Waals surface area contributed by atoms with Gasteiger partial charge in [0.1, 0.15) is 17.6 Å². The van der Waals surface area contributed by atoms with Crippen LogP contribution in [0.1, 0.15) is 11.1 Å². The molecule has 0 aliphatic rings. The molecule has 9 heteroatoms. The first-order valence-electron chi connectivity index (χ1n) is 16.8. The topological polar surface area (TPSA) is 82.5 Å². The van der Waals surface area contributed by atoms with Gasteiger partial charge in [0, 0.05) is 28.6 Å². The Morgan fingerprint density at radius 2 is 1.12 bits per heavy atom. The average molecular weight is 762 g/mol. The van der Waals surface area contributed by atoms with Crippen molar-refractivity contribution in [2.75, 3.05) is 0 Å². The quantitative estimate of drug-likeness (QED) is 0.101. The summed E-state index contributed by atoms with van der Waals surface area (Å²) >= 11 is 0. The number of aromatic nitrogens is 7. The maximum absolute atomic E-state index is 6.54. The number of hydrogen-bond donors (Lipinski definition) is 0. The van der Waals surface area contributed by atoms with E-state index in [1.165, 1.54) is 11.1 Å². The molecule has 0 aliphatic carbocycles. The van der Waals surface area contributed by atoms with Crippen molar-refractivity contribution >= 4 is 77.0 Å². The van der Waals surface area contributed by atoms with Crippen molar-refractivity contribution in [3.63, 3.8) is 0 Å². The predicted molar refractivity (Wildman–Crippen MR) is 201 cm³/mol. The summed E-state index contributed by atoms with van der Waals surface area (Å²) in [6.07, 6.45) is 3.41. The van der Waals surface area contributed by atoms with E-state index in [4.69, 9.17) is 19.7 Å². The molecule has 0 bridgehead atoms. The summed E-state index contributed by atoms with van der Waals surface area (Å²) in [6.45, 7) is 4.27. The molecule has 0 saturated carbocycles. The molecule has 0 aliphatic heterocycles. The van der Waals surface area contributed by atoms with Crippen LogP contribution in [0.3, 0.4) is 0 Å². The van der Waals surface area contributed by atoms with E-state index in [1.807, 2.05) is 60.8 Å². The molecule has 0 spiro atoms. The van der Waals surface area contributed by atoms with Gasteiger partial charge in [0.2, 0.25) is 0 Å². The monoisotopic (exact) mass is 761 g/mol. The fraction of sp³-hybridized carbons (Fsp3) is 0.0465. The summed E-state index contributed by atoms with van der Waals surface area (Å²) in [5, 5.41) is 5.56. The zero-order chi connectivity index (χ0) is 33.8. The zero-order valence-electron chi connectivity index (χ0n) is 27.8. The summed E-state index contributed by atoms with van der Waals surface area (Å²) in [5.41, 5.74) is 11.4. The van der Waals surface area contributed by atoms with Crippen LogP contribution in [0.15, 0.2) is 116 Å². The predicted octanol–water partition coefficient (Wildman–Crippen LogP) is 9.76. The fourth-order valence-corrected chi connectivity index (χ4v) is 7.68. The summed E-state index contributed by atoms with van der Waals surface area (Å²) in [5.74, 6) is 1.11. The Morgan fingerprint density at radius 3 is 1.77 bits per heavy atom. The molecule has 0 amide bonds. The standard InChI is InChI=1S/C43H25N7O.Pd/c1-24-8-7-9-25(2)39(24)36-19-18-30-28-16-14-26(20-31(28)43-47-35-11-4-6-13-38(35)50(43)41(30)48-36)51-27-15-17-29-32(21-27)42-46-34-10-3-5-12-37(34)49(42)40-33(29)22-44-23-45-40;/h3-19,22-23H,1-2H3;/q-2;+2. The smallest absolute Gasteiger partial charge is 0.497 e. The van der Waals surface area contributed by atoms with Crippen LogP contribution in [-0.4, -0.2) is 33.7 Å². The van der Waals surface area contributed by atoms with E-state index >= 15 is 0 Å². The molecule has 8 nitrogen and oxygen atoms in total. The van der Waals surface area contributed by atoms with Gasteiger partial charge in [0.05, 0.1) is 39.1 Å². The van der Waals surface area contributed by atoms with Crippen molar-refractivity contribution in [3.05, 3.63) is 139 Å². The molecule has 52 heavy (non-hydrogen) atoms. The Balaban J connectivity index is 0.00000338. The molecule has 5 aromatic carbocycles. The van der Waals surface area contributed by atoms with Gasteiger partial charge in [0.15, 0.2) is 0 Å². The van der Waals surface area contributed by atoms with Gasteiger partial charge in [-0.15, -0.1) is 12.1 Å². The Labute approximate surface area is 310 Å². The second-order valence-electron chi connectivity index (χ2n) is 12.9. The molecule has 0 radical (unpaired) electrons. The maximum Gasteiger partial charge on any atom is 2.00 e. The molecule has 248 valence electrons. The van der Waals surface area contributed by atoms with Crippen LogP contribution in [0.5, 0.6) is 11.5 Å². The molecule has 6 heterocycles. The van der Waals surface area contributed by atoms with Gasteiger partial charge in [-0.1, -0.05) is 94.3 Å². The summed E-state index contributed by atoms with van der Waals surface area (Å²) in [6, 6.07) is 42.0. The number of aryl methyl sites for hydroxylation is 2. The number of rotatable bonds is 3. The van der Waals surface area contributed by atoms with E-state index in [2.05, 4.69) is 93.3 Å². The summed E-state index contributed by atoms with van der Waals surface area (Å²) in [4.78, 5) is 24.4. The first kappa shape index (κ1) is 30.5. The van der Waals surface area contributed by atoms with Crippen LogP contribution in [0.2, 0.25) is 0 Å². The second kappa shape index (κ2) is 11.4. The molecule has 0 saturated heterocycles. The van der Waals surface area contributed by atoms with Gasteiger partial charge >= 0.3 is 20.4 Å². The van der Waals surface area contributed by atoms with E-state index in [9.17, 15) is 0 Å². The van der Waals surface area contributed by atoms with E-state index in [0.29, 0.717) is 11.5 Å². The number of pyridine rings is 3. The van der Waals surface area contributed by atoms with Gasteiger partial charge in [-0.2, -0.15) is 0 Å². The zero-order valence-corrected chi connectivity index (χ0v) is 29.4. The Bertz CT molecular complexity index is 3260. The largest absolute Gasteiger partial charge is 2.00 e. The summed E-state index contributed by atoms with van der Waals surface area (Å²) in [7, 11) is 0. The number of nitrogens with zero attached hydrogens (tertiary/aromatic N) is 7. The van der Waals surface area contributed by atoms with Crippen molar-refractivity contribution in [2.45, 2.75) is 13.8 Å². The number of imidazole rings is 2. The molecule has 11 rings (SSSR count). The number of fused-ring (bicyclic) bond motifs is 16. The van der Waals surface area contributed by atoms with Crippen LogP contribution in [-0.2, 0) is 20.4 Å². The minimum atomic E-state index is 0. The van der Waals surface area contributed by atoms with Gasteiger partial charge in [0.25, 0.3) is 0 Å². The third kappa shape index (κ3) is 4.33. The van der Waals surface area contributed by atoms with Crippen molar-refractivity contribution in [3.8, 4) is 22.8 Å².